The maximum atomic E-state index is 11.4. The monoisotopic (exact) mass is 251 g/mol. The molecule has 0 bridgehead atoms. The van der Waals surface area contributed by atoms with E-state index >= 15 is 0 Å². The molecule has 1 aromatic heterocycles. The lowest BCUT2D eigenvalue weighted by Gasteiger charge is -2.20. The highest BCUT2D eigenvalue weighted by atomic mass is 16.5. The van der Waals surface area contributed by atoms with Gasteiger partial charge in [0, 0.05) is 24.5 Å². The van der Waals surface area contributed by atoms with Crippen molar-refractivity contribution in [3.63, 3.8) is 0 Å². The molecule has 1 unspecified atom stereocenters. The highest BCUT2D eigenvalue weighted by Gasteiger charge is 2.11. The summed E-state index contributed by atoms with van der Waals surface area (Å²) in [7, 11) is 1.34. The van der Waals surface area contributed by atoms with Gasteiger partial charge in [0.2, 0.25) is 0 Å². The standard InChI is InChI=1S/C13H21N3O2/c1-9(2)6-11(8-14)16-10-4-5-15-12(7-10)13(17)18-3/h4-5,7,9,11H,6,8,14H2,1-3H3,(H,15,16). The largest absolute Gasteiger partial charge is 0.464 e. The second-order valence-corrected chi connectivity index (χ2v) is 4.63. The van der Waals surface area contributed by atoms with Gasteiger partial charge < -0.3 is 15.8 Å². The van der Waals surface area contributed by atoms with Crippen molar-refractivity contribution < 1.29 is 9.53 Å². The average Bonchev–Trinajstić information content (AvgIpc) is 2.36. The van der Waals surface area contributed by atoms with Gasteiger partial charge in [0.05, 0.1) is 7.11 Å². The number of pyridine rings is 1. The van der Waals surface area contributed by atoms with Crippen molar-refractivity contribution in [1.82, 2.24) is 4.98 Å². The van der Waals surface area contributed by atoms with Crippen LogP contribution in [0.25, 0.3) is 0 Å². The molecule has 1 aromatic rings. The normalized spacial score (nSPS) is 12.3. The van der Waals surface area contributed by atoms with Gasteiger partial charge in [0.25, 0.3) is 0 Å². The van der Waals surface area contributed by atoms with Crippen molar-refractivity contribution in [2.75, 3.05) is 19.0 Å². The van der Waals surface area contributed by atoms with Crippen molar-refractivity contribution >= 4 is 11.7 Å². The molecule has 0 radical (unpaired) electrons. The number of nitrogens with zero attached hydrogens (tertiary/aromatic N) is 1. The fraction of sp³-hybridized carbons (Fsp3) is 0.538. The number of nitrogens with one attached hydrogen (secondary N) is 1. The number of aromatic nitrogens is 1. The number of ether oxygens (including phenoxy) is 1. The molecule has 3 N–H and O–H groups in total. The molecule has 100 valence electrons. The lowest BCUT2D eigenvalue weighted by molar-refractivity contribution is 0.0594. The summed E-state index contributed by atoms with van der Waals surface area (Å²) in [6.45, 7) is 4.85. The molecule has 18 heavy (non-hydrogen) atoms. The van der Waals surface area contributed by atoms with Gasteiger partial charge in [-0.1, -0.05) is 13.8 Å². The van der Waals surface area contributed by atoms with Gasteiger partial charge >= 0.3 is 5.97 Å². The van der Waals surface area contributed by atoms with E-state index in [1.807, 2.05) is 6.07 Å². The third-order valence-electron chi connectivity index (χ3n) is 2.57. The van der Waals surface area contributed by atoms with Crippen LogP contribution < -0.4 is 11.1 Å². The van der Waals surface area contributed by atoms with Crippen molar-refractivity contribution in [2.45, 2.75) is 26.3 Å². The van der Waals surface area contributed by atoms with Crippen LogP contribution in [-0.2, 0) is 4.74 Å². The Morgan fingerprint density at radius 1 is 1.56 bits per heavy atom. The molecule has 5 nitrogen and oxygen atoms in total. The number of carbonyl (C=O) groups excluding carboxylic acids is 1. The number of hydrogen-bond donors (Lipinski definition) is 2. The number of nitrogens with two attached hydrogens (primary N) is 1. The lowest BCUT2D eigenvalue weighted by Crippen LogP contribution is -2.30. The zero-order chi connectivity index (χ0) is 13.5. The van der Waals surface area contributed by atoms with Crippen molar-refractivity contribution in [2.24, 2.45) is 11.7 Å². The zero-order valence-corrected chi connectivity index (χ0v) is 11.1. The first-order chi connectivity index (χ1) is 8.56. The summed E-state index contributed by atoms with van der Waals surface area (Å²) >= 11 is 0. The Hall–Kier alpha value is -1.62. The summed E-state index contributed by atoms with van der Waals surface area (Å²) in [5.41, 5.74) is 6.85. The van der Waals surface area contributed by atoms with Gasteiger partial charge in [-0.05, 0) is 24.5 Å². The van der Waals surface area contributed by atoms with E-state index in [0.717, 1.165) is 12.1 Å². The van der Waals surface area contributed by atoms with E-state index in [2.05, 4.69) is 28.9 Å². The van der Waals surface area contributed by atoms with Crippen LogP contribution in [-0.4, -0.2) is 30.6 Å². The molecule has 0 saturated carbocycles. The maximum Gasteiger partial charge on any atom is 0.356 e. The quantitative estimate of drug-likeness (QED) is 0.752. The fourth-order valence-corrected chi connectivity index (χ4v) is 1.76. The molecule has 0 saturated heterocycles. The van der Waals surface area contributed by atoms with Gasteiger partial charge in [-0.2, -0.15) is 0 Å². The van der Waals surface area contributed by atoms with Crippen LogP contribution >= 0.6 is 0 Å². The van der Waals surface area contributed by atoms with Crippen LogP contribution in [0.2, 0.25) is 0 Å². The second kappa shape index (κ2) is 6.96. The molecule has 0 amide bonds. The van der Waals surface area contributed by atoms with Crippen LogP contribution in [0.3, 0.4) is 0 Å². The van der Waals surface area contributed by atoms with Gasteiger partial charge in [-0.25, -0.2) is 9.78 Å². The van der Waals surface area contributed by atoms with E-state index in [-0.39, 0.29) is 6.04 Å². The van der Waals surface area contributed by atoms with Crippen LogP contribution in [0.4, 0.5) is 5.69 Å². The third kappa shape index (κ3) is 4.33. The number of hydrogen-bond acceptors (Lipinski definition) is 5. The fourth-order valence-electron chi connectivity index (χ4n) is 1.76. The van der Waals surface area contributed by atoms with Gasteiger partial charge in [0.15, 0.2) is 0 Å². The highest BCUT2D eigenvalue weighted by molar-refractivity contribution is 5.88. The van der Waals surface area contributed by atoms with E-state index in [9.17, 15) is 4.79 Å². The summed E-state index contributed by atoms with van der Waals surface area (Å²) in [5, 5.41) is 3.31. The SMILES string of the molecule is COC(=O)c1cc(NC(CN)CC(C)C)ccn1. The Morgan fingerprint density at radius 2 is 2.28 bits per heavy atom. The molecule has 0 aromatic carbocycles. The number of methoxy groups -OCH3 is 1. The van der Waals surface area contributed by atoms with Gasteiger partial charge in [-0.3, -0.25) is 0 Å². The second-order valence-electron chi connectivity index (χ2n) is 4.63. The Bertz CT molecular complexity index is 394. The summed E-state index contributed by atoms with van der Waals surface area (Å²) in [4.78, 5) is 15.3. The van der Waals surface area contributed by atoms with Crippen LogP contribution in [0, 0.1) is 5.92 Å². The first-order valence-electron chi connectivity index (χ1n) is 6.07. The number of rotatable bonds is 6. The van der Waals surface area contributed by atoms with Crippen LogP contribution in [0.1, 0.15) is 30.8 Å². The van der Waals surface area contributed by atoms with E-state index in [1.54, 1.807) is 12.3 Å². The Labute approximate surface area is 108 Å². The summed E-state index contributed by atoms with van der Waals surface area (Å²) in [6, 6.07) is 3.68. The van der Waals surface area contributed by atoms with Gasteiger partial charge in [0.1, 0.15) is 5.69 Å². The molecule has 0 aliphatic heterocycles. The van der Waals surface area contributed by atoms with E-state index in [4.69, 9.17) is 5.73 Å². The third-order valence-corrected chi connectivity index (χ3v) is 2.57. The summed E-state index contributed by atoms with van der Waals surface area (Å²) < 4.78 is 4.63. The first kappa shape index (κ1) is 14.4. The zero-order valence-electron chi connectivity index (χ0n) is 11.1. The minimum Gasteiger partial charge on any atom is -0.464 e. The van der Waals surface area contributed by atoms with Crippen LogP contribution in [0.5, 0.6) is 0 Å². The van der Waals surface area contributed by atoms with E-state index in [0.29, 0.717) is 18.2 Å². The van der Waals surface area contributed by atoms with Crippen molar-refractivity contribution in [1.29, 1.82) is 0 Å². The molecule has 1 rings (SSSR count). The first-order valence-corrected chi connectivity index (χ1v) is 6.07. The number of carbonyl (C=O) groups is 1. The van der Waals surface area contributed by atoms with E-state index < -0.39 is 5.97 Å². The molecule has 1 heterocycles. The van der Waals surface area contributed by atoms with Crippen LogP contribution in [0.15, 0.2) is 18.3 Å². The highest BCUT2D eigenvalue weighted by Crippen LogP contribution is 2.13. The smallest absolute Gasteiger partial charge is 0.356 e. The summed E-state index contributed by atoms with van der Waals surface area (Å²) in [5.74, 6) is 0.125. The van der Waals surface area contributed by atoms with E-state index in [1.165, 1.54) is 7.11 Å². The minimum atomic E-state index is -0.438. The molecule has 0 fully saturated rings. The van der Waals surface area contributed by atoms with Crippen molar-refractivity contribution in [3.8, 4) is 0 Å². The molecule has 0 aliphatic carbocycles. The summed E-state index contributed by atoms with van der Waals surface area (Å²) in [6.07, 6.45) is 2.56. The Kier molecular flexibility index (Phi) is 5.58. The Morgan fingerprint density at radius 3 is 2.83 bits per heavy atom. The maximum absolute atomic E-state index is 11.4. The topological polar surface area (TPSA) is 77.2 Å². The molecule has 0 aliphatic rings. The van der Waals surface area contributed by atoms with Crippen molar-refractivity contribution in [3.05, 3.63) is 24.0 Å². The molecule has 1 atom stereocenters. The van der Waals surface area contributed by atoms with Gasteiger partial charge in [-0.15, -0.1) is 0 Å². The molecule has 5 heteroatoms. The average molecular weight is 251 g/mol. The molecular weight excluding hydrogens is 230 g/mol. The molecular formula is C13H21N3O2. The predicted molar refractivity (Wildman–Crippen MR) is 71.5 cm³/mol. The Balaban J connectivity index is 2.74. The minimum absolute atomic E-state index is 0.192. The number of esters is 1. The lowest BCUT2D eigenvalue weighted by atomic mass is 10.0. The predicted octanol–water partition coefficient (Wildman–Crippen LogP) is 1.65. The molecule has 0 spiro atoms. The number of anilines is 1.